The summed E-state index contributed by atoms with van der Waals surface area (Å²) in [4.78, 5) is 25.0. The van der Waals surface area contributed by atoms with Crippen LogP contribution in [0.25, 0.3) is 0 Å². The van der Waals surface area contributed by atoms with Gasteiger partial charge in [0.1, 0.15) is 18.5 Å². The predicted molar refractivity (Wildman–Crippen MR) is 150 cm³/mol. The number of nitrogens with one attached hydrogen (secondary N) is 2. The number of carbonyl (C=O) groups is 2. The first-order valence-corrected chi connectivity index (χ1v) is 12.5. The van der Waals surface area contributed by atoms with Crippen LogP contribution in [0.15, 0.2) is 84.9 Å². The van der Waals surface area contributed by atoms with Crippen LogP contribution >= 0.6 is 0 Å². The quantitative estimate of drug-likeness (QED) is 0.181. The molecule has 9 nitrogen and oxygen atoms in total. The summed E-state index contributed by atoms with van der Waals surface area (Å²) in [5, 5.41) is 23.4. The molecule has 9 heteroatoms. The molecule has 5 N–H and O–H groups in total. The summed E-state index contributed by atoms with van der Waals surface area (Å²) in [7, 11) is 0. The number of ether oxygens (including phenoxy) is 2. The van der Waals surface area contributed by atoms with Crippen LogP contribution in [0.1, 0.15) is 37.0 Å². The third-order valence-corrected chi connectivity index (χ3v) is 5.86. The molecule has 0 unspecified atom stereocenters. The van der Waals surface area contributed by atoms with Gasteiger partial charge in [-0.3, -0.25) is 10.1 Å². The molecule has 0 aliphatic rings. The molecular formula is C30H32N4O5. The van der Waals surface area contributed by atoms with E-state index in [2.05, 4.69) is 10.6 Å². The Bertz CT molecular complexity index is 1300. The molecule has 0 fully saturated rings. The highest BCUT2D eigenvalue weighted by molar-refractivity contribution is 6.01. The summed E-state index contributed by atoms with van der Waals surface area (Å²) in [6.07, 6.45) is 3.22. The highest BCUT2D eigenvalue weighted by atomic mass is 16.6. The molecule has 3 aromatic rings. The first kappa shape index (κ1) is 28.8. The van der Waals surface area contributed by atoms with Gasteiger partial charge in [-0.2, -0.15) is 5.26 Å². The van der Waals surface area contributed by atoms with Gasteiger partial charge in [-0.1, -0.05) is 37.3 Å². The zero-order chi connectivity index (χ0) is 28.0. The maximum atomic E-state index is 12.8. The minimum absolute atomic E-state index is 0.0929. The lowest BCUT2D eigenvalue weighted by atomic mass is 9.93. The van der Waals surface area contributed by atoms with Crippen molar-refractivity contribution in [3.8, 4) is 11.8 Å². The lowest BCUT2D eigenvalue weighted by molar-refractivity contribution is -0.111. The van der Waals surface area contributed by atoms with E-state index in [0.717, 1.165) is 5.56 Å². The molecule has 0 aliphatic carbocycles. The highest BCUT2D eigenvalue weighted by Crippen LogP contribution is 2.31. The Morgan fingerprint density at radius 3 is 2.44 bits per heavy atom. The van der Waals surface area contributed by atoms with E-state index in [0.29, 0.717) is 41.2 Å². The lowest BCUT2D eigenvalue weighted by Crippen LogP contribution is -2.22. The van der Waals surface area contributed by atoms with E-state index in [4.69, 9.17) is 25.6 Å². The van der Waals surface area contributed by atoms with E-state index in [1.54, 1.807) is 66.7 Å². The van der Waals surface area contributed by atoms with E-state index in [1.807, 2.05) is 25.1 Å². The summed E-state index contributed by atoms with van der Waals surface area (Å²) in [6.45, 7) is 2.05. The standard InChI is InChI=1S/C30H32N4O5/c1-21(6-2-5-9-28(36)34-27-8-4-3-7-26(27)32)29(23-12-16-25(17-13-23)38-19-18-35)39-30(37)33-24-14-10-22(20-31)11-15-24/h3-5,7-17,21,29,35H,2,6,18-19,32H2,1H3,(H,33,37)(H,34,36)/b9-5+/t21-,29+/m1/s1. The number of allylic oxidation sites excluding steroid dienone is 1. The van der Waals surface area contributed by atoms with Crippen molar-refractivity contribution in [2.24, 2.45) is 5.92 Å². The van der Waals surface area contributed by atoms with Crippen molar-refractivity contribution < 1.29 is 24.2 Å². The number of rotatable bonds is 12. The Kier molecular flexibility index (Phi) is 10.9. The fraction of sp³-hybridized carbons (Fsp3) is 0.233. The van der Waals surface area contributed by atoms with Gasteiger partial charge in [0.25, 0.3) is 0 Å². The fourth-order valence-corrected chi connectivity index (χ4v) is 3.81. The number of aliphatic hydroxyl groups excluding tert-OH is 1. The summed E-state index contributed by atoms with van der Waals surface area (Å²) in [6, 6.07) is 22.7. The number of para-hydroxylation sites is 2. The van der Waals surface area contributed by atoms with Crippen LogP contribution in [0, 0.1) is 17.2 Å². The number of amides is 2. The number of hydrogen-bond donors (Lipinski definition) is 4. The molecule has 0 saturated heterocycles. The second-order valence-corrected chi connectivity index (χ2v) is 8.81. The maximum absolute atomic E-state index is 12.8. The molecule has 39 heavy (non-hydrogen) atoms. The van der Waals surface area contributed by atoms with Crippen LogP contribution < -0.4 is 21.1 Å². The molecule has 2 amide bonds. The van der Waals surface area contributed by atoms with Gasteiger partial charge in [-0.05, 0) is 78.9 Å². The number of nitrogens with zero attached hydrogens (tertiary/aromatic N) is 1. The van der Waals surface area contributed by atoms with Gasteiger partial charge in [-0.25, -0.2) is 4.79 Å². The van der Waals surface area contributed by atoms with Gasteiger partial charge < -0.3 is 25.6 Å². The molecule has 3 aromatic carbocycles. The number of hydrogen-bond acceptors (Lipinski definition) is 7. The van der Waals surface area contributed by atoms with Crippen LogP contribution in [0.4, 0.5) is 21.9 Å². The van der Waals surface area contributed by atoms with E-state index >= 15 is 0 Å². The zero-order valence-electron chi connectivity index (χ0n) is 21.7. The molecule has 0 bridgehead atoms. The second kappa shape index (κ2) is 14.8. The highest BCUT2D eigenvalue weighted by Gasteiger charge is 2.24. The normalized spacial score (nSPS) is 12.2. The van der Waals surface area contributed by atoms with E-state index in [1.165, 1.54) is 6.08 Å². The number of benzene rings is 3. The number of nitrogens with two attached hydrogens (primary N) is 1. The summed E-state index contributed by atoms with van der Waals surface area (Å²) < 4.78 is 11.3. The monoisotopic (exact) mass is 528 g/mol. The average Bonchev–Trinajstić information content (AvgIpc) is 2.95. The van der Waals surface area contributed by atoms with Gasteiger partial charge >= 0.3 is 6.09 Å². The molecule has 0 aromatic heterocycles. The van der Waals surface area contributed by atoms with Crippen molar-refractivity contribution in [2.45, 2.75) is 25.9 Å². The maximum Gasteiger partial charge on any atom is 0.412 e. The molecule has 0 spiro atoms. The van der Waals surface area contributed by atoms with Gasteiger partial charge in [0, 0.05) is 5.69 Å². The molecule has 0 saturated carbocycles. The van der Waals surface area contributed by atoms with Crippen molar-refractivity contribution in [3.63, 3.8) is 0 Å². The number of anilines is 3. The topological polar surface area (TPSA) is 147 Å². The van der Waals surface area contributed by atoms with Gasteiger partial charge in [-0.15, -0.1) is 0 Å². The van der Waals surface area contributed by atoms with Crippen molar-refractivity contribution in [3.05, 3.63) is 96.1 Å². The smallest absolute Gasteiger partial charge is 0.412 e. The Balaban J connectivity index is 1.64. The first-order chi connectivity index (χ1) is 18.9. The van der Waals surface area contributed by atoms with Gasteiger partial charge in [0.15, 0.2) is 0 Å². The fourth-order valence-electron chi connectivity index (χ4n) is 3.81. The summed E-state index contributed by atoms with van der Waals surface area (Å²) >= 11 is 0. The Labute approximate surface area is 227 Å². The third-order valence-electron chi connectivity index (χ3n) is 5.86. The molecule has 0 aliphatic heterocycles. The number of nitrogen functional groups attached to an aromatic ring is 1. The number of carbonyl (C=O) groups excluding carboxylic acids is 2. The number of aliphatic hydroxyl groups is 1. The van der Waals surface area contributed by atoms with Crippen LogP contribution in [-0.2, 0) is 9.53 Å². The lowest BCUT2D eigenvalue weighted by Gasteiger charge is -2.25. The first-order valence-electron chi connectivity index (χ1n) is 12.5. The van der Waals surface area contributed by atoms with E-state index in [9.17, 15) is 9.59 Å². The van der Waals surface area contributed by atoms with Crippen molar-refractivity contribution in [2.75, 3.05) is 29.6 Å². The summed E-state index contributed by atoms with van der Waals surface area (Å²) in [5.74, 6) is 0.209. The molecule has 0 radical (unpaired) electrons. The zero-order valence-corrected chi connectivity index (χ0v) is 21.7. The van der Waals surface area contributed by atoms with Crippen molar-refractivity contribution >= 4 is 29.1 Å². The average molecular weight is 529 g/mol. The van der Waals surface area contributed by atoms with E-state index in [-0.39, 0.29) is 25.0 Å². The minimum Gasteiger partial charge on any atom is -0.491 e. The molecule has 2 atom stereocenters. The Hall–Kier alpha value is -4.81. The summed E-state index contributed by atoms with van der Waals surface area (Å²) in [5.41, 5.74) is 8.67. The Morgan fingerprint density at radius 2 is 1.77 bits per heavy atom. The molecular weight excluding hydrogens is 496 g/mol. The largest absolute Gasteiger partial charge is 0.491 e. The molecule has 0 heterocycles. The molecule has 202 valence electrons. The van der Waals surface area contributed by atoms with E-state index < -0.39 is 12.2 Å². The Morgan fingerprint density at radius 1 is 1.05 bits per heavy atom. The van der Waals surface area contributed by atoms with Crippen molar-refractivity contribution in [1.29, 1.82) is 5.26 Å². The van der Waals surface area contributed by atoms with Crippen LogP contribution in [0.5, 0.6) is 5.75 Å². The van der Waals surface area contributed by atoms with Crippen LogP contribution in [-0.4, -0.2) is 30.3 Å². The van der Waals surface area contributed by atoms with Crippen LogP contribution in [0.3, 0.4) is 0 Å². The van der Waals surface area contributed by atoms with Crippen LogP contribution in [0.2, 0.25) is 0 Å². The molecule has 3 rings (SSSR count). The predicted octanol–water partition coefficient (Wildman–Crippen LogP) is 5.41. The number of nitriles is 1. The second-order valence-electron chi connectivity index (χ2n) is 8.81. The van der Waals surface area contributed by atoms with Gasteiger partial charge in [0.2, 0.25) is 5.91 Å². The van der Waals surface area contributed by atoms with Crippen molar-refractivity contribution in [1.82, 2.24) is 0 Å². The SMILES string of the molecule is C[C@H](CC/C=C/C(=O)Nc1ccccc1N)[C@H](OC(=O)Nc1ccc(C#N)cc1)c1ccc(OCCO)cc1. The third kappa shape index (κ3) is 9.22. The minimum atomic E-state index is -0.632. The van der Waals surface area contributed by atoms with Gasteiger partial charge in [0.05, 0.1) is 29.6 Å².